The molecular formula is C16H17IO2. The van der Waals surface area contributed by atoms with E-state index in [1.54, 1.807) is 7.11 Å². The summed E-state index contributed by atoms with van der Waals surface area (Å²) in [6.45, 7) is 4.05. The highest BCUT2D eigenvalue weighted by Gasteiger charge is 2.17. The first kappa shape index (κ1) is 14.3. The van der Waals surface area contributed by atoms with Crippen molar-refractivity contribution in [3.63, 3.8) is 0 Å². The number of ether oxygens (including phenoxy) is 1. The highest BCUT2D eigenvalue weighted by Crippen LogP contribution is 2.34. The van der Waals surface area contributed by atoms with Crippen molar-refractivity contribution in [2.75, 3.05) is 7.11 Å². The largest absolute Gasteiger partial charge is 0.496 e. The van der Waals surface area contributed by atoms with Crippen molar-refractivity contribution in [1.29, 1.82) is 0 Å². The first-order valence-electron chi connectivity index (χ1n) is 6.12. The third-order valence-electron chi connectivity index (χ3n) is 3.39. The van der Waals surface area contributed by atoms with Crippen molar-refractivity contribution in [2.45, 2.75) is 20.0 Å². The number of aliphatic hydroxyl groups excluding tert-OH is 1. The van der Waals surface area contributed by atoms with Crippen molar-refractivity contribution in [1.82, 2.24) is 0 Å². The number of methoxy groups -OCH3 is 1. The average Bonchev–Trinajstić information content (AvgIpc) is 2.41. The first-order chi connectivity index (χ1) is 9.04. The third-order valence-corrected chi connectivity index (χ3v) is 4.11. The summed E-state index contributed by atoms with van der Waals surface area (Å²) in [5.41, 5.74) is 3.92. The van der Waals surface area contributed by atoms with Gasteiger partial charge in [0.05, 0.1) is 7.11 Å². The summed E-state index contributed by atoms with van der Waals surface area (Å²) in [7, 11) is 1.64. The Labute approximate surface area is 127 Å². The Kier molecular flexibility index (Phi) is 4.47. The van der Waals surface area contributed by atoms with Crippen LogP contribution in [0.15, 0.2) is 36.4 Å². The Morgan fingerprint density at radius 2 is 1.68 bits per heavy atom. The number of benzene rings is 2. The van der Waals surface area contributed by atoms with Gasteiger partial charge in [0.1, 0.15) is 11.9 Å². The molecule has 0 aliphatic heterocycles. The molecule has 0 aliphatic rings. The molecule has 2 nitrogen and oxygen atoms in total. The van der Waals surface area contributed by atoms with E-state index in [0.29, 0.717) is 0 Å². The lowest BCUT2D eigenvalue weighted by Crippen LogP contribution is -2.04. The normalized spacial score (nSPS) is 12.3. The number of halogens is 1. The van der Waals surface area contributed by atoms with Crippen LogP contribution in [0.2, 0.25) is 0 Å². The SMILES string of the molecule is COc1c(C(O)c2ccc(I)cc2)ccc(C)c1C. The summed E-state index contributed by atoms with van der Waals surface area (Å²) >= 11 is 2.25. The standard InChI is InChI=1S/C16H17IO2/c1-10-4-9-14(16(19-3)11(10)2)15(18)12-5-7-13(17)8-6-12/h4-9,15,18H,1-3H3. The van der Waals surface area contributed by atoms with Crippen molar-refractivity contribution in [3.05, 3.63) is 62.2 Å². The zero-order valence-electron chi connectivity index (χ0n) is 11.3. The highest BCUT2D eigenvalue weighted by molar-refractivity contribution is 14.1. The Morgan fingerprint density at radius 1 is 1.05 bits per heavy atom. The number of hydrogen-bond donors (Lipinski definition) is 1. The second-order valence-corrected chi connectivity index (χ2v) is 5.83. The molecule has 100 valence electrons. The molecule has 1 N–H and O–H groups in total. The smallest absolute Gasteiger partial charge is 0.128 e. The van der Waals surface area contributed by atoms with Crippen LogP contribution in [-0.2, 0) is 0 Å². The van der Waals surface area contributed by atoms with E-state index in [9.17, 15) is 5.11 Å². The van der Waals surface area contributed by atoms with Crippen molar-refractivity contribution in [2.24, 2.45) is 0 Å². The quantitative estimate of drug-likeness (QED) is 0.830. The molecule has 0 bridgehead atoms. The number of aliphatic hydroxyl groups is 1. The molecular weight excluding hydrogens is 351 g/mol. The van der Waals surface area contributed by atoms with Crippen LogP contribution in [-0.4, -0.2) is 12.2 Å². The summed E-state index contributed by atoms with van der Waals surface area (Å²) < 4.78 is 6.62. The fourth-order valence-electron chi connectivity index (χ4n) is 2.12. The van der Waals surface area contributed by atoms with Gasteiger partial charge < -0.3 is 9.84 Å². The Morgan fingerprint density at radius 3 is 2.26 bits per heavy atom. The van der Waals surface area contributed by atoms with E-state index in [0.717, 1.165) is 31.6 Å². The van der Waals surface area contributed by atoms with Gasteiger partial charge in [0.15, 0.2) is 0 Å². The lowest BCUT2D eigenvalue weighted by Gasteiger charge is -2.18. The van der Waals surface area contributed by atoms with Crippen LogP contribution < -0.4 is 4.74 Å². The second-order valence-electron chi connectivity index (χ2n) is 4.58. The van der Waals surface area contributed by atoms with Crippen LogP contribution in [0.25, 0.3) is 0 Å². The van der Waals surface area contributed by atoms with E-state index in [1.165, 1.54) is 0 Å². The molecule has 0 radical (unpaired) electrons. The maximum Gasteiger partial charge on any atom is 0.128 e. The predicted molar refractivity (Wildman–Crippen MR) is 85.7 cm³/mol. The molecule has 2 rings (SSSR count). The van der Waals surface area contributed by atoms with Gasteiger partial charge in [-0.2, -0.15) is 0 Å². The second kappa shape index (κ2) is 5.92. The minimum atomic E-state index is -0.661. The van der Waals surface area contributed by atoms with Gasteiger partial charge >= 0.3 is 0 Å². The minimum absolute atomic E-state index is 0.661. The topological polar surface area (TPSA) is 29.5 Å². The molecule has 2 aromatic rings. The van der Waals surface area contributed by atoms with Gasteiger partial charge in [-0.05, 0) is 65.3 Å². The zero-order valence-corrected chi connectivity index (χ0v) is 13.4. The van der Waals surface area contributed by atoms with E-state index >= 15 is 0 Å². The first-order valence-corrected chi connectivity index (χ1v) is 7.20. The van der Waals surface area contributed by atoms with Crippen LogP contribution >= 0.6 is 22.6 Å². The highest BCUT2D eigenvalue weighted by atomic mass is 127. The molecule has 0 aliphatic carbocycles. The van der Waals surface area contributed by atoms with Gasteiger partial charge in [-0.3, -0.25) is 0 Å². The van der Waals surface area contributed by atoms with E-state index in [4.69, 9.17) is 4.74 Å². The van der Waals surface area contributed by atoms with Gasteiger partial charge in [0.2, 0.25) is 0 Å². The predicted octanol–water partition coefficient (Wildman–Crippen LogP) is 4.00. The molecule has 1 atom stereocenters. The molecule has 0 heterocycles. The molecule has 19 heavy (non-hydrogen) atoms. The monoisotopic (exact) mass is 368 g/mol. The van der Waals surface area contributed by atoms with Crippen molar-refractivity contribution >= 4 is 22.6 Å². The number of hydrogen-bond acceptors (Lipinski definition) is 2. The van der Waals surface area contributed by atoms with E-state index in [1.807, 2.05) is 50.2 Å². The van der Waals surface area contributed by atoms with Crippen LogP contribution in [0.1, 0.15) is 28.4 Å². The summed E-state index contributed by atoms with van der Waals surface area (Å²) in [5.74, 6) is 0.769. The summed E-state index contributed by atoms with van der Waals surface area (Å²) in [6, 6.07) is 11.8. The summed E-state index contributed by atoms with van der Waals surface area (Å²) in [6.07, 6.45) is -0.661. The molecule has 3 heteroatoms. The maximum atomic E-state index is 10.5. The average molecular weight is 368 g/mol. The van der Waals surface area contributed by atoms with E-state index in [-0.39, 0.29) is 0 Å². The molecule has 0 saturated heterocycles. The van der Waals surface area contributed by atoms with Gasteiger partial charge in [0, 0.05) is 9.13 Å². The van der Waals surface area contributed by atoms with Crippen LogP contribution in [0.5, 0.6) is 5.75 Å². The Hall–Kier alpha value is -1.07. The number of aryl methyl sites for hydroxylation is 1. The van der Waals surface area contributed by atoms with Crippen LogP contribution in [0.4, 0.5) is 0 Å². The zero-order chi connectivity index (χ0) is 14.0. The van der Waals surface area contributed by atoms with Crippen LogP contribution in [0.3, 0.4) is 0 Å². The molecule has 0 saturated carbocycles. The van der Waals surface area contributed by atoms with Crippen molar-refractivity contribution < 1.29 is 9.84 Å². The molecule has 0 spiro atoms. The lowest BCUT2D eigenvalue weighted by atomic mass is 9.96. The third kappa shape index (κ3) is 2.92. The van der Waals surface area contributed by atoms with Crippen LogP contribution in [0, 0.1) is 17.4 Å². The maximum absolute atomic E-state index is 10.5. The van der Waals surface area contributed by atoms with Gasteiger partial charge in [-0.25, -0.2) is 0 Å². The fraction of sp³-hybridized carbons (Fsp3) is 0.250. The van der Waals surface area contributed by atoms with Gasteiger partial charge in [0.25, 0.3) is 0 Å². The van der Waals surface area contributed by atoms with Gasteiger partial charge in [-0.15, -0.1) is 0 Å². The van der Waals surface area contributed by atoms with Crippen molar-refractivity contribution in [3.8, 4) is 5.75 Å². The minimum Gasteiger partial charge on any atom is -0.496 e. The lowest BCUT2D eigenvalue weighted by molar-refractivity contribution is 0.214. The van der Waals surface area contributed by atoms with Gasteiger partial charge in [-0.1, -0.05) is 24.3 Å². The summed E-state index contributed by atoms with van der Waals surface area (Å²) in [5, 5.41) is 10.5. The Balaban J connectivity index is 2.46. The molecule has 0 amide bonds. The van der Waals surface area contributed by atoms with E-state index in [2.05, 4.69) is 22.6 Å². The molecule has 2 aromatic carbocycles. The van der Waals surface area contributed by atoms with E-state index < -0.39 is 6.10 Å². The molecule has 0 aromatic heterocycles. The fourth-order valence-corrected chi connectivity index (χ4v) is 2.48. The molecule has 0 fully saturated rings. The summed E-state index contributed by atoms with van der Waals surface area (Å²) in [4.78, 5) is 0. The number of rotatable bonds is 3. The Bertz CT molecular complexity index is 576. The molecule has 1 unspecified atom stereocenters.